The Balaban J connectivity index is 3.53. The van der Waals surface area contributed by atoms with E-state index >= 15 is 0 Å². The standard InChI is InChI=1S/C10H18O4/c1-3-9(4-2)10(12)14-8-7-13-6-5-11/h3,11H,4-8H2,1-2H3. The Morgan fingerprint density at radius 2 is 2.07 bits per heavy atom. The summed E-state index contributed by atoms with van der Waals surface area (Å²) in [6.45, 7) is 4.54. The highest BCUT2D eigenvalue weighted by Gasteiger charge is 2.06. The van der Waals surface area contributed by atoms with E-state index in [2.05, 4.69) is 0 Å². The predicted octanol–water partition coefficient (Wildman–Crippen LogP) is 0.895. The first-order valence-electron chi connectivity index (χ1n) is 4.77. The van der Waals surface area contributed by atoms with E-state index in [4.69, 9.17) is 14.6 Å². The number of rotatable bonds is 7. The van der Waals surface area contributed by atoms with Crippen molar-refractivity contribution in [1.82, 2.24) is 0 Å². The summed E-state index contributed by atoms with van der Waals surface area (Å²) in [6, 6.07) is 0. The molecule has 0 aliphatic rings. The van der Waals surface area contributed by atoms with E-state index in [9.17, 15) is 4.79 Å². The Morgan fingerprint density at radius 3 is 2.57 bits per heavy atom. The van der Waals surface area contributed by atoms with E-state index in [-0.39, 0.29) is 25.8 Å². The molecule has 0 aromatic rings. The maximum Gasteiger partial charge on any atom is 0.333 e. The van der Waals surface area contributed by atoms with Crippen LogP contribution in [-0.2, 0) is 14.3 Å². The van der Waals surface area contributed by atoms with E-state index in [1.165, 1.54) is 0 Å². The molecule has 0 rings (SSSR count). The summed E-state index contributed by atoms with van der Waals surface area (Å²) in [5.74, 6) is -0.289. The molecule has 4 heteroatoms. The quantitative estimate of drug-likeness (QED) is 0.378. The summed E-state index contributed by atoms with van der Waals surface area (Å²) in [6.07, 6.45) is 2.42. The molecule has 0 radical (unpaired) electrons. The van der Waals surface area contributed by atoms with Crippen molar-refractivity contribution in [3.05, 3.63) is 11.6 Å². The fourth-order valence-electron chi connectivity index (χ4n) is 0.919. The molecule has 0 saturated carbocycles. The van der Waals surface area contributed by atoms with Crippen LogP contribution in [0.5, 0.6) is 0 Å². The summed E-state index contributed by atoms with van der Waals surface area (Å²) in [4.78, 5) is 11.2. The number of aliphatic hydroxyl groups is 1. The summed E-state index contributed by atoms with van der Waals surface area (Å²) >= 11 is 0. The normalized spacial score (nSPS) is 11.5. The number of allylic oxidation sites excluding steroid dienone is 1. The molecule has 1 N–H and O–H groups in total. The smallest absolute Gasteiger partial charge is 0.333 e. The van der Waals surface area contributed by atoms with Crippen LogP contribution in [-0.4, -0.2) is 37.5 Å². The van der Waals surface area contributed by atoms with Gasteiger partial charge in [0, 0.05) is 5.57 Å². The van der Waals surface area contributed by atoms with Gasteiger partial charge in [-0.1, -0.05) is 13.0 Å². The van der Waals surface area contributed by atoms with Crippen LogP contribution in [0.25, 0.3) is 0 Å². The Morgan fingerprint density at radius 1 is 1.36 bits per heavy atom. The molecule has 0 amide bonds. The van der Waals surface area contributed by atoms with Crippen LogP contribution in [0.3, 0.4) is 0 Å². The van der Waals surface area contributed by atoms with Crippen LogP contribution in [0, 0.1) is 0 Å². The van der Waals surface area contributed by atoms with Crippen molar-refractivity contribution in [1.29, 1.82) is 0 Å². The third-order valence-corrected chi connectivity index (χ3v) is 1.69. The fraction of sp³-hybridized carbons (Fsp3) is 0.700. The Hall–Kier alpha value is -0.870. The topological polar surface area (TPSA) is 55.8 Å². The SMILES string of the molecule is CC=C(CC)C(=O)OCCOCCO. The molecule has 0 saturated heterocycles. The monoisotopic (exact) mass is 202 g/mol. The third kappa shape index (κ3) is 5.72. The van der Waals surface area contributed by atoms with Crippen molar-refractivity contribution in [3.8, 4) is 0 Å². The molecular formula is C10H18O4. The van der Waals surface area contributed by atoms with Gasteiger partial charge in [-0.15, -0.1) is 0 Å². The maximum absolute atomic E-state index is 11.2. The van der Waals surface area contributed by atoms with Gasteiger partial charge < -0.3 is 14.6 Å². The van der Waals surface area contributed by atoms with Gasteiger partial charge in [-0.25, -0.2) is 4.79 Å². The van der Waals surface area contributed by atoms with Crippen LogP contribution in [0.15, 0.2) is 11.6 Å². The lowest BCUT2D eigenvalue weighted by Crippen LogP contribution is -2.13. The summed E-state index contributed by atoms with van der Waals surface area (Å²) in [5.41, 5.74) is 0.673. The number of carbonyl (C=O) groups excluding carboxylic acids is 1. The second-order valence-electron chi connectivity index (χ2n) is 2.64. The lowest BCUT2D eigenvalue weighted by molar-refractivity contribution is -0.140. The highest BCUT2D eigenvalue weighted by Crippen LogP contribution is 2.02. The van der Waals surface area contributed by atoms with Gasteiger partial charge in [0.2, 0.25) is 0 Å². The molecule has 0 bridgehead atoms. The van der Waals surface area contributed by atoms with Gasteiger partial charge in [0.1, 0.15) is 6.61 Å². The van der Waals surface area contributed by atoms with Gasteiger partial charge in [0.15, 0.2) is 0 Å². The maximum atomic E-state index is 11.2. The minimum absolute atomic E-state index is 0.0109. The van der Waals surface area contributed by atoms with E-state index in [1.54, 1.807) is 6.08 Å². The summed E-state index contributed by atoms with van der Waals surface area (Å²) < 4.78 is 9.85. The molecule has 0 fully saturated rings. The number of hydrogen-bond donors (Lipinski definition) is 1. The van der Waals surface area contributed by atoms with Gasteiger partial charge in [-0.3, -0.25) is 0 Å². The molecule has 4 nitrogen and oxygen atoms in total. The van der Waals surface area contributed by atoms with E-state index in [1.807, 2.05) is 13.8 Å². The van der Waals surface area contributed by atoms with Crippen molar-refractivity contribution in [2.24, 2.45) is 0 Å². The first-order valence-corrected chi connectivity index (χ1v) is 4.77. The zero-order valence-corrected chi connectivity index (χ0v) is 8.78. The molecule has 14 heavy (non-hydrogen) atoms. The van der Waals surface area contributed by atoms with E-state index in [0.717, 1.165) is 0 Å². The molecular weight excluding hydrogens is 184 g/mol. The van der Waals surface area contributed by atoms with Gasteiger partial charge in [-0.2, -0.15) is 0 Å². The molecule has 0 aromatic heterocycles. The molecule has 0 aliphatic carbocycles. The Kier molecular flexibility index (Phi) is 8.17. The average molecular weight is 202 g/mol. The lowest BCUT2D eigenvalue weighted by atomic mass is 10.2. The van der Waals surface area contributed by atoms with E-state index in [0.29, 0.717) is 18.6 Å². The molecule has 0 atom stereocenters. The Bertz CT molecular complexity index is 187. The number of esters is 1. The minimum atomic E-state index is -0.289. The first kappa shape index (κ1) is 13.1. The van der Waals surface area contributed by atoms with Crippen molar-refractivity contribution in [2.45, 2.75) is 20.3 Å². The average Bonchev–Trinajstić information content (AvgIpc) is 2.19. The molecule has 0 spiro atoms. The van der Waals surface area contributed by atoms with Crippen molar-refractivity contribution >= 4 is 5.97 Å². The number of aliphatic hydroxyl groups excluding tert-OH is 1. The molecule has 82 valence electrons. The zero-order chi connectivity index (χ0) is 10.8. The van der Waals surface area contributed by atoms with Crippen LogP contribution in [0.1, 0.15) is 20.3 Å². The predicted molar refractivity (Wildman–Crippen MR) is 52.9 cm³/mol. The van der Waals surface area contributed by atoms with Gasteiger partial charge in [0.25, 0.3) is 0 Å². The largest absolute Gasteiger partial charge is 0.460 e. The molecule has 0 unspecified atom stereocenters. The van der Waals surface area contributed by atoms with Gasteiger partial charge in [-0.05, 0) is 13.3 Å². The van der Waals surface area contributed by atoms with Crippen LogP contribution in [0.2, 0.25) is 0 Å². The number of hydrogen-bond acceptors (Lipinski definition) is 4. The van der Waals surface area contributed by atoms with Crippen molar-refractivity contribution < 1.29 is 19.4 Å². The third-order valence-electron chi connectivity index (χ3n) is 1.69. The first-order chi connectivity index (χ1) is 6.76. The number of carbonyl (C=O) groups is 1. The molecule has 0 heterocycles. The van der Waals surface area contributed by atoms with Crippen molar-refractivity contribution in [3.63, 3.8) is 0 Å². The van der Waals surface area contributed by atoms with Crippen LogP contribution < -0.4 is 0 Å². The fourth-order valence-corrected chi connectivity index (χ4v) is 0.919. The van der Waals surface area contributed by atoms with Crippen molar-refractivity contribution in [2.75, 3.05) is 26.4 Å². The second-order valence-corrected chi connectivity index (χ2v) is 2.64. The molecule has 0 aliphatic heterocycles. The number of ether oxygens (including phenoxy) is 2. The van der Waals surface area contributed by atoms with Gasteiger partial charge >= 0.3 is 5.97 Å². The van der Waals surface area contributed by atoms with E-state index < -0.39 is 0 Å². The highest BCUT2D eigenvalue weighted by atomic mass is 16.6. The summed E-state index contributed by atoms with van der Waals surface area (Å²) in [7, 11) is 0. The minimum Gasteiger partial charge on any atom is -0.460 e. The highest BCUT2D eigenvalue weighted by molar-refractivity contribution is 5.88. The van der Waals surface area contributed by atoms with Gasteiger partial charge in [0.05, 0.1) is 19.8 Å². The lowest BCUT2D eigenvalue weighted by Gasteiger charge is -2.06. The van der Waals surface area contributed by atoms with Crippen LogP contribution in [0.4, 0.5) is 0 Å². The Labute approximate surface area is 84.5 Å². The van der Waals surface area contributed by atoms with Crippen LogP contribution >= 0.6 is 0 Å². The summed E-state index contributed by atoms with van der Waals surface area (Å²) in [5, 5.41) is 8.40. The zero-order valence-electron chi connectivity index (χ0n) is 8.78. The molecule has 0 aromatic carbocycles. The second kappa shape index (κ2) is 8.72.